The van der Waals surface area contributed by atoms with Gasteiger partial charge in [0.05, 0.1) is 0 Å². The minimum Gasteiger partial charge on any atom is -0.435 e. The number of oxazole rings is 1. The molecule has 0 aliphatic heterocycles. The average molecular weight is 665 g/mol. The number of anilines is 3. The molecule has 0 amide bonds. The van der Waals surface area contributed by atoms with Crippen molar-refractivity contribution in [2.75, 3.05) is 4.90 Å². The summed E-state index contributed by atoms with van der Waals surface area (Å²) in [5, 5.41) is 7.27. The van der Waals surface area contributed by atoms with Gasteiger partial charge in [-0.3, -0.25) is 0 Å². The number of benzene rings is 9. The molecule has 0 saturated heterocycles. The topological polar surface area (TPSA) is 29.3 Å². The number of hydrogen-bond donors (Lipinski definition) is 0. The van der Waals surface area contributed by atoms with Crippen LogP contribution in [0.25, 0.3) is 77.1 Å². The zero-order valence-electron chi connectivity index (χ0n) is 28.3. The van der Waals surface area contributed by atoms with E-state index in [2.05, 4.69) is 169 Å². The molecule has 0 saturated carbocycles. The summed E-state index contributed by atoms with van der Waals surface area (Å²) in [5.41, 5.74) is 10.4. The highest BCUT2D eigenvalue weighted by atomic mass is 16.3. The summed E-state index contributed by atoms with van der Waals surface area (Å²) in [6.45, 7) is 0. The molecule has 0 fully saturated rings. The summed E-state index contributed by atoms with van der Waals surface area (Å²) < 4.78 is 6.54. The molecule has 0 N–H and O–H groups in total. The molecule has 0 aliphatic rings. The van der Waals surface area contributed by atoms with Crippen molar-refractivity contribution >= 4 is 60.5 Å². The van der Waals surface area contributed by atoms with Gasteiger partial charge in [0.15, 0.2) is 5.58 Å². The first-order valence-corrected chi connectivity index (χ1v) is 17.6. The summed E-state index contributed by atoms with van der Waals surface area (Å²) >= 11 is 0. The molecule has 1 aromatic heterocycles. The van der Waals surface area contributed by atoms with Crippen molar-refractivity contribution in [2.45, 2.75) is 0 Å². The van der Waals surface area contributed by atoms with Crippen LogP contribution in [0, 0.1) is 0 Å². The fourth-order valence-corrected chi connectivity index (χ4v) is 7.56. The Labute approximate surface area is 301 Å². The maximum atomic E-state index is 6.54. The van der Waals surface area contributed by atoms with Crippen molar-refractivity contribution in [2.24, 2.45) is 0 Å². The molecular formula is C49H32N2O. The highest BCUT2D eigenvalue weighted by Crippen LogP contribution is 2.41. The zero-order chi connectivity index (χ0) is 34.4. The van der Waals surface area contributed by atoms with Crippen LogP contribution in [0.1, 0.15) is 0 Å². The van der Waals surface area contributed by atoms with Crippen LogP contribution >= 0.6 is 0 Å². The third-order valence-electron chi connectivity index (χ3n) is 10.1. The molecule has 244 valence electrons. The Morgan fingerprint density at radius 1 is 0.365 bits per heavy atom. The molecule has 3 nitrogen and oxygen atoms in total. The third kappa shape index (κ3) is 5.10. The van der Waals surface area contributed by atoms with E-state index in [1.54, 1.807) is 0 Å². The van der Waals surface area contributed by atoms with E-state index in [4.69, 9.17) is 9.40 Å². The van der Waals surface area contributed by atoms with Crippen LogP contribution in [0.2, 0.25) is 0 Å². The Kier molecular flexibility index (Phi) is 7.14. The number of para-hydroxylation sites is 1. The second-order valence-corrected chi connectivity index (χ2v) is 13.2. The SMILES string of the molecule is c1ccc(-c2nc3c(o2)c(-c2ccc(N(c4ccccc4)c4ccc(-c5cc6ccccc6c6ccccc56)cc4)cc2)cc2ccccc23)cc1. The quantitative estimate of drug-likeness (QED) is 0.166. The van der Waals surface area contributed by atoms with E-state index in [0.717, 1.165) is 55.6 Å². The van der Waals surface area contributed by atoms with Crippen LogP contribution in [-0.4, -0.2) is 4.98 Å². The predicted molar refractivity (Wildman–Crippen MR) is 218 cm³/mol. The van der Waals surface area contributed by atoms with E-state index < -0.39 is 0 Å². The van der Waals surface area contributed by atoms with Crippen LogP contribution in [0.15, 0.2) is 199 Å². The molecule has 9 aromatic carbocycles. The normalized spacial score (nSPS) is 11.5. The maximum Gasteiger partial charge on any atom is 0.227 e. The van der Waals surface area contributed by atoms with Gasteiger partial charge in [-0.25, -0.2) is 4.98 Å². The van der Waals surface area contributed by atoms with E-state index >= 15 is 0 Å². The molecule has 1 heterocycles. The molecule has 10 aromatic rings. The van der Waals surface area contributed by atoms with E-state index in [0.29, 0.717) is 5.89 Å². The zero-order valence-corrected chi connectivity index (χ0v) is 28.3. The summed E-state index contributed by atoms with van der Waals surface area (Å²) in [6.07, 6.45) is 0. The Morgan fingerprint density at radius 2 is 0.846 bits per heavy atom. The van der Waals surface area contributed by atoms with Crippen molar-refractivity contribution in [1.82, 2.24) is 4.98 Å². The molecule has 0 aliphatic carbocycles. The molecule has 0 spiro atoms. The Balaban J connectivity index is 1.06. The Hall–Kier alpha value is -6.97. The lowest BCUT2D eigenvalue weighted by molar-refractivity contribution is 0.621. The molecule has 52 heavy (non-hydrogen) atoms. The predicted octanol–water partition coefficient (Wildman–Crippen LogP) is 13.8. The third-order valence-corrected chi connectivity index (χ3v) is 10.1. The number of fused-ring (bicyclic) bond motifs is 6. The van der Waals surface area contributed by atoms with E-state index in [1.807, 2.05) is 30.3 Å². The lowest BCUT2D eigenvalue weighted by Crippen LogP contribution is -2.09. The van der Waals surface area contributed by atoms with Gasteiger partial charge in [-0.05, 0) is 104 Å². The van der Waals surface area contributed by atoms with Crippen LogP contribution in [-0.2, 0) is 0 Å². The minimum atomic E-state index is 0.625. The van der Waals surface area contributed by atoms with Gasteiger partial charge in [0.1, 0.15) is 5.52 Å². The lowest BCUT2D eigenvalue weighted by Gasteiger charge is -2.26. The molecule has 3 heteroatoms. The fourth-order valence-electron chi connectivity index (χ4n) is 7.56. The van der Waals surface area contributed by atoms with Crippen molar-refractivity contribution < 1.29 is 4.42 Å². The van der Waals surface area contributed by atoms with E-state index in [1.165, 1.54) is 32.7 Å². The van der Waals surface area contributed by atoms with Gasteiger partial charge in [-0.15, -0.1) is 0 Å². The summed E-state index contributed by atoms with van der Waals surface area (Å²) in [6, 6.07) is 68.7. The van der Waals surface area contributed by atoms with Crippen LogP contribution < -0.4 is 4.90 Å². The molecule has 0 radical (unpaired) electrons. The van der Waals surface area contributed by atoms with Gasteiger partial charge in [-0.1, -0.05) is 133 Å². The summed E-state index contributed by atoms with van der Waals surface area (Å²) in [7, 11) is 0. The molecular weight excluding hydrogens is 633 g/mol. The molecule has 0 bridgehead atoms. The molecule has 0 unspecified atom stereocenters. The highest BCUT2D eigenvalue weighted by molar-refractivity contribution is 6.14. The second kappa shape index (κ2) is 12.4. The number of aromatic nitrogens is 1. The molecule has 0 atom stereocenters. The first-order chi connectivity index (χ1) is 25.8. The number of hydrogen-bond acceptors (Lipinski definition) is 3. The van der Waals surface area contributed by atoms with E-state index in [-0.39, 0.29) is 0 Å². The summed E-state index contributed by atoms with van der Waals surface area (Å²) in [5.74, 6) is 0.625. The van der Waals surface area contributed by atoms with Crippen LogP contribution in [0.3, 0.4) is 0 Å². The molecule has 10 rings (SSSR count). The van der Waals surface area contributed by atoms with Gasteiger partial charge in [-0.2, -0.15) is 0 Å². The van der Waals surface area contributed by atoms with Gasteiger partial charge in [0.2, 0.25) is 5.89 Å². The highest BCUT2D eigenvalue weighted by Gasteiger charge is 2.18. The standard InChI is InChI=1S/C49H32N2O/c1-3-13-35(14-4-1)49-50-47-42-20-10-8-16-37(42)32-46(48(47)52-49)34-25-29-40(30-26-34)51(38-17-5-2-6-18-38)39-27-23-33(24-28-39)45-31-36-15-7-9-19-41(36)43-21-11-12-22-44(43)45/h1-32H. The first kappa shape index (κ1) is 29.9. The van der Waals surface area contributed by atoms with Gasteiger partial charge >= 0.3 is 0 Å². The van der Waals surface area contributed by atoms with Crippen molar-refractivity contribution in [1.29, 1.82) is 0 Å². The maximum absolute atomic E-state index is 6.54. The van der Waals surface area contributed by atoms with E-state index in [9.17, 15) is 0 Å². The van der Waals surface area contributed by atoms with Crippen LogP contribution in [0.4, 0.5) is 17.1 Å². The number of rotatable bonds is 6. The largest absolute Gasteiger partial charge is 0.435 e. The van der Waals surface area contributed by atoms with Gasteiger partial charge < -0.3 is 9.32 Å². The summed E-state index contributed by atoms with van der Waals surface area (Å²) in [4.78, 5) is 7.32. The van der Waals surface area contributed by atoms with Crippen molar-refractivity contribution in [3.63, 3.8) is 0 Å². The Bertz CT molecular complexity index is 2880. The second-order valence-electron chi connectivity index (χ2n) is 13.2. The average Bonchev–Trinajstić information content (AvgIpc) is 3.68. The smallest absolute Gasteiger partial charge is 0.227 e. The van der Waals surface area contributed by atoms with Crippen molar-refractivity contribution in [3.8, 4) is 33.7 Å². The first-order valence-electron chi connectivity index (χ1n) is 17.6. The minimum absolute atomic E-state index is 0.625. The van der Waals surface area contributed by atoms with Crippen molar-refractivity contribution in [3.05, 3.63) is 194 Å². The Morgan fingerprint density at radius 3 is 1.52 bits per heavy atom. The van der Waals surface area contributed by atoms with Gasteiger partial charge in [0.25, 0.3) is 0 Å². The lowest BCUT2D eigenvalue weighted by atomic mass is 9.93. The number of nitrogens with zero attached hydrogens (tertiary/aromatic N) is 2. The van der Waals surface area contributed by atoms with Crippen LogP contribution in [0.5, 0.6) is 0 Å². The fraction of sp³-hybridized carbons (Fsp3) is 0. The van der Waals surface area contributed by atoms with Gasteiger partial charge in [0, 0.05) is 33.6 Å². The monoisotopic (exact) mass is 664 g/mol.